The summed E-state index contributed by atoms with van der Waals surface area (Å²) in [5.74, 6) is 1.73. The van der Waals surface area contributed by atoms with Crippen LogP contribution in [0.3, 0.4) is 0 Å². The van der Waals surface area contributed by atoms with Crippen LogP contribution in [-0.4, -0.2) is 37.7 Å². The fraction of sp³-hybridized carbons (Fsp3) is 0.875. The van der Waals surface area contributed by atoms with Crippen molar-refractivity contribution < 1.29 is 4.74 Å². The van der Waals surface area contributed by atoms with Gasteiger partial charge in [0.1, 0.15) is 0 Å². The molecular formula is C16H29NO. The molecule has 1 saturated heterocycles. The van der Waals surface area contributed by atoms with Gasteiger partial charge in [-0.2, -0.15) is 0 Å². The van der Waals surface area contributed by atoms with Crippen LogP contribution in [0.15, 0.2) is 12.7 Å². The third kappa shape index (κ3) is 4.74. The lowest BCUT2D eigenvalue weighted by Crippen LogP contribution is -2.40. The summed E-state index contributed by atoms with van der Waals surface area (Å²) < 4.78 is 5.62. The molecule has 0 amide bonds. The van der Waals surface area contributed by atoms with Crippen molar-refractivity contribution in [3.05, 3.63) is 12.7 Å². The van der Waals surface area contributed by atoms with E-state index in [0.717, 1.165) is 18.4 Å². The summed E-state index contributed by atoms with van der Waals surface area (Å²) in [6, 6.07) is 0. The first kappa shape index (κ1) is 14.1. The van der Waals surface area contributed by atoms with Gasteiger partial charge in [-0.05, 0) is 44.1 Å². The van der Waals surface area contributed by atoms with Gasteiger partial charge in [0.2, 0.25) is 0 Å². The van der Waals surface area contributed by atoms with Crippen LogP contribution in [0.2, 0.25) is 0 Å². The molecule has 0 aromatic heterocycles. The highest BCUT2D eigenvalue weighted by Gasteiger charge is 2.23. The van der Waals surface area contributed by atoms with Gasteiger partial charge < -0.3 is 9.64 Å². The normalized spacial score (nSPS) is 27.2. The molecule has 0 N–H and O–H groups in total. The Morgan fingerprint density at radius 1 is 1.06 bits per heavy atom. The largest absolute Gasteiger partial charge is 0.377 e. The fourth-order valence-electron chi connectivity index (χ4n) is 3.51. The summed E-state index contributed by atoms with van der Waals surface area (Å²) >= 11 is 0. The first-order valence-corrected chi connectivity index (χ1v) is 7.79. The summed E-state index contributed by atoms with van der Waals surface area (Å²) in [5, 5.41) is 0. The number of hydrogen-bond acceptors (Lipinski definition) is 2. The molecule has 0 spiro atoms. The van der Waals surface area contributed by atoms with Crippen LogP contribution in [0.4, 0.5) is 0 Å². The van der Waals surface area contributed by atoms with E-state index in [1.165, 1.54) is 64.6 Å². The molecule has 1 aliphatic carbocycles. The molecule has 1 aliphatic heterocycles. The quantitative estimate of drug-likeness (QED) is 0.529. The maximum Gasteiger partial charge on any atom is 0.0644 e. The molecule has 2 rings (SSSR count). The fourth-order valence-corrected chi connectivity index (χ4v) is 3.51. The van der Waals surface area contributed by atoms with Gasteiger partial charge in [-0.3, -0.25) is 0 Å². The zero-order valence-corrected chi connectivity index (χ0v) is 11.8. The summed E-state index contributed by atoms with van der Waals surface area (Å²) in [4.78, 5) is 2.70. The molecule has 2 nitrogen and oxygen atoms in total. The monoisotopic (exact) mass is 251 g/mol. The van der Waals surface area contributed by atoms with Crippen molar-refractivity contribution >= 4 is 0 Å². The second-order valence-electron chi connectivity index (χ2n) is 6.10. The molecule has 1 saturated carbocycles. The Bertz CT molecular complexity index is 235. The van der Waals surface area contributed by atoms with Gasteiger partial charge in [0.25, 0.3) is 0 Å². The van der Waals surface area contributed by atoms with E-state index in [4.69, 9.17) is 4.74 Å². The second kappa shape index (κ2) is 7.96. The number of ether oxygens (including phenoxy) is 1. The van der Waals surface area contributed by atoms with E-state index in [1.54, 1.807) is 0 Å². The van der Waals surface area contributed by atoms with Gasteiger partial charge in [-0.15, -0.1) is 6.58 Å². The van der Waals surface area contributed by atoms with E-state index in [2.05, 4.69) is 11.5 Å². The number of likely N-dealkylation sites (tertiary alicyclic amines) is 1. The van der Waals surface area contributed by atoms with E-state index in [1.807, 2.05) is 6.08 Å². The van der Waals surface area contributed by atoms with Crippen molar-refractivity contribution in [2.75, 3.05) is 32.8 Å². The van der Waals surface area contributed by atoms with Gasteiger partial charge >= 0.3 is 0 Å². The maximum atomic E-state index is 5.62. The van der Waals surface area contributed by atoms with Crippen LogP contribution in [0.5, 0.6) is 0 Å². The summed E-state index contributed by atoms with van der Waals surface area (Å²) in [6.07, 6.45) is 11.9. The predicted molar refractivity (Wildman–Crippen MR) is 76.8 cm³/mol. The highest BCUT2D eigenvalue weighted by atomic mass is 16.5. The maximum absolute atomic E-state index is 5.62. The highest BCUT2D eigenvalue weighted by molar-refractivity contribution is 4.77. The molecule has 1 unspecified atom stereocenters. The topological polar surface area (TPSA) is 12.5 Å². The molecule has 2 heteroatoms. The van der Waals surface area contributed by atoms with Crippen molar-refractivity contribution in [1.82, 2.24) is 4.90 Å². The lowest BCUT2D eigenvalue weighted by atomic mass is 9.88. The van der Waals surface area contributed by atoms with Crippen molar-refractivity contribution in [2.24, 2.45) is 11.8 Å². The van der Waals surface area contributed by atoms with Crippen molar-refractivity contribution in [3.8, 4) is 0 Å². The molecule has 18 heavy (non-hydrogen) atoms. The minimum atomic E-state index is 0.707. The third-order valence-corrected chi connectivity index (χ3v) is 4.43. The van der Waals surface area contributed by atoms with Crippen molar-refractivity contribution in [3.63, 3.8) is 0 Å². The van der Waals surface area contributed by atoms with E-state index in [9.17, 15) is 0 Å². The van der Waals surface area contributed by atoms with Crippen LogP contribution in [0.25, 0.3) is 0 Å². The summed E-state index contributed by atoms with van der Waals surface area (Å²) in [7, 11) is 0. The van der Waals surface area contributed by atoms with Gasteiger partial charge in [-0.1, -0.05) is 25.3 Å². The molecular weight excluding hydrogens is 222 g/mol. The van der Waals surface area contributed by atoms with E-state index in [0.29, 0.717) is 6.61 Å². The van der Waals surface area contributed by atoms with Crippen LogP contribution in [0.1, 0.15) is 44.9 Å². The minimum Gasteiger partial charge on any atom is -0.377 e. The zero-order chi connectivity index (χ0) is 12.6. The number of piperidine rings is 1. The van der Waals surface area contributed by atoms with Crippen LogP contribution < -0.4 is 0 Å². The van der Waals surface area contributed by atoms with E-state index < -0.39 is 0 Å². The Morgan fingerprint density at radius 3 is 2.61 bits per heavy atom. The van der Waals surface area contributed by atoms with Crippen LogP contribution >= 0.6 is 0 Å². The molecule has 2 aliphatic rings. The molecule has 0 bridgehead atoms. The Kier molecular flexibility index (Phi) is 6.22. The molecule has 0 radical (unpaired) electrons. The lowest BCUT2D eigenvalue weighted by Gasteiger charge is -2.35. The van der Waals surface area contributed by atoms with Gasteiger partial charge in [0.15, 0.2) is 0 Å². The third-order valence-electron chi connectivity index (χ3n) is 4.43. The van der Waals surface area contributed by atoms with E-state index in [-0.39, 0.29) is 0 Å². The first-order chi connectivity index (χ1) is 8.88. The molecule has 2 fully saturated rings. The average molecular weight is 251 g/mol. The molecule has 0 aromatic carbocycles. The number of rotatable bonds is 6. The zero-order valence-electron chi connectivity index (χ0n) is 11.8. The van der Waals surface area contributed by atoms with Crippen molar-refractivity contribution in [2.45, 2.75) is 44.9 Å². The van der Waals surface area contributed by atoms with Crippen LogP contribution in [0, 0.1) is 11.8 Å². The lowest BCUT2D eigenvalue weighted by molar-refractivity contribution is 0.0653. The Balaban J connectivity index is 1.67. The first-order valence-electron chi connectivity index (χ1n) is 7.79. The Morgan fingerprint density at radius 2 is 1.83 bits per heavy atom. The van der Waals surface area contributed by atoms with Crippen molar-refractivity contribution in [1.29, 1.82) is 0 Å². The highest BCUT2D eigenvalue weighted by Crippen LogP contribution is 2.26. The Labute approximate surface area is 112 Å². The van der Waals surface area contributed by atoms with Gasteiger partial charge in [-0.25, -0.2) is 0 Å². The summed E-state index contributed by atoms with van der Waals surface area (Å²) in [6.45, 7) is 9.25. The SMILES string of the molecule is C=CCOCC1CCCN(CC2CCCCC2)C1. The van der Waals surface area contributed by atoms with Crippen LogP contribution in [-0.2, 0) is 4.74 Å². The van der Waals surface area contributed by atoms with E-state index >= 15 is 0 Å². The molecule has 104 valence electrons. The summed E-state index contributed by atoms with van der Waals surface area (Å²) in [5.41, 5.74) is 0. The minimum absolute atomic E-state index is 0.707. The second-order valence-corrected chi connectivity index (χ2v) is 6.10. The molecule has 1 atom stereocenters. The molecule has 0 aromatic rings. The van der Waals surface area contributed by atoms with Gasteiger partial charge in [0, 0.05) is 13.1 Å². The number of hydrogen-bond donors (Lipinski definition) is 0. The Hall–Kier alpha value is -0.340. The smallest absolute Gasteiger partial charge is 0.0644 e. The standard InChI is InChI=1S/C16H29NO/c1-2-11-18-14-16-9-6-10-17(13-16)12-15-7-4-3-5-8-15/h2,15-16H,1,3-14H2. The van der Waals surface area contributed by atoms with Gasteiger partial charge in [0.05, 0.1) is 13.2 Å². The average Bonchev–Trinajstić information content (AvgIpc) is 2.41. The predicted octanol–water partition coefficient (Wildman–Crippen LogP) is 3.48. The molecule has 1 heterocycles. The number of nitrogens with zero attached hydrogens (tertiary/aromatic N) is 1.